The first-order chi connectivity index (χ1) is 5.63. The van der Waals surface area contributed by atoms with Crippen molar-refractivity contribution < 1.29 is 9.90 Å². The summed E-state index contributed by atoms with van der Waals surface area (Å²) < 4.78 is 0. The molecule has 0 spiro atoms. The largest absolute Gasteiger partial charge is 0.379 e. The molecule has 1 N–H and O–H groups in total. The summed E-state index contributed by atoms with van der Waals surface area (Å²) in [6.45, 7) is 1.82. The SMILES string of the molecule is Cc1ccccc1[C@@H](O)C(=O)Cl. The van der Waals surface area contributed by atoms with Crippen LogP contribution in [0.1, 0.15) is 17.2 Å². The summed E-state index contributed by atoms with van der Waals surface area (Å²) in [5.74, 6) is 0. The van der Waals surface area contributed by atoms with Crippen molar-refractivity contribution in [2.75, 3.05) is 0 Å². The Morgan fingerprint density at radius 2 is 2.08 bits per heavy atom. The van der Waals surface area contributed by atoms with E-state index < -0.39 is 11.3 Å². The van der Waals surface area contributed by atoms with Crippen LogP contribution >= 0.6 is 11.6 Å². The summed E-state index contributed by atoms with van der Waals surface area (Å²) in [6, 6.07) is 7.09. The fourth-order valence-electron chi connectivity index (χ4n) is 1.02. The third-order valence-corrected chi connectivity index (χ3v) is 1.90. The number of carbonyl (C=O) groups is 1. The van der Waals surface area contributed by atoms with Gasteiger partial charge in [-0.3, -0.25) is 4.79 Å². The minimum Gasteiger partial charge on any atom is -0.379 e. The number of hydrogen-bond acceptors (Lipinski definition) is 2. The van der Waals surface area contributed by atoms with Crippen LogP contribution in [-0.2, 0) is 4.79 Å². The molecule has 0 fully saturated rings. The van der Waals surface area contributed by atoms with Crippen molar-refractivity contribution >= 4 is 16.8 Å². The van der Waals surface area contributed by atoms with Crippen LogP contribution in [0.5, 0.6) is 0 Å². The molecule has 64 valence electrons. The summed E-state index contributed by atoms with van der Waals surface area (Å²) in [5, 5.41) is 8.55. The molecule has 0 aliphatic carbocycles. The molecule has 0 aromatic heterocycles. The first kappa shape index (κ1) is 9.23. The van der Waals surface area contributed by atoms with Crippen molar-refractivity contribution in [3.63, 3.8) is 0 Å². The van der Waals surface area contributed by atoms with Crippen molar-refractivity contribution in [1.82, 2.24) is 0 Å². The highest BCUT2D eigenvalue weighted by atomic mass is 35.5. The van der Waals surface area contributed by atoms with E-state index in [2.05, 4.69) is 0 Å². The van der Waals surface area contributed by atoms with E-state index in [9.17, 15) is 9.90 Å². The van der Waals surface area contributed by atoms with Gasteiger partial charge < -0.3 is 5.11 Å². The fraction of sp³-hybridized carbons (Fsp3) is 0.222. The van der Waals surface area contributed by atoms with E-state index in [-0.39, 0.29) is 0 Å². The Labute approximate surface area is 75.8 Å². The monoisotopic (exact) mass is 184 g/mol. The zero-order chi connectivity index (χ0) is 9.14. The summed E-state index contributed by atoms with van der Waals surface area (Å²) >= 11 is 5.15. The Hall–Kier alpha value is -0.860. The summed E-state index contributed by atoms with van der Waals surface area (Å²) in [4.78, 5) is 10.6. The second kappa shape index (κ2) is 3.70. The van der Waals surface area contributed by atoms with Crippen molar-refractivity contribution in [2.45, 2.75) is 13.0 Å². The Balaban J connectivity index is 3.02. The minimum atomic E-state index is -1.20. The van der Waals surface area contributed by atoms with Crippen molar-refractivity contribution in [1.29, 1.82) is 0 Å². The number of aryl methyl sites for hydroxylation is 1. The van der Waals surface area contributed by atoms with Gasteiger partial charge in [0.2, 0.25) is 0 Å². The number of aliphatic hydroxyl groups is 1. The molecule has 2 nitrogen and oxygen atoms in total. The molecule has 1 aromatic rings. The van der Waals surface area contributed by atoms with Crippen LogP contribution in [0.25, 0.3) is 0 Å². The topological polar surface area (TPSA) is 37.3 Å². The Morgan fingerprint density at radius 1 is 1.50 bits per heavy atom. The van der Waals surface area contributed by atoms with Gasteiger partial charge in [0, 0.05) is 0 Å². The Morgan fingerprint density at radius 3 is 2.58 bits per heavy atom. The molecule has 0 unspecified atom stereocenters. The second-order valence-corrected chi connectivity index (χ2v) is 2.94. The fourth-order valence-corrected chi connectivity index (χ4v) is 1.13. The van der Waals surface area contributed by atoms with Crippen LogP contribution in [0, 0.1) is 6.92 Å². The lowest BCUT2D eigenvalue weighted by molar-refractivity contribution is -0.119. The third kappa shape index (κ3) is 1.84. The molecule has 0 saturated carbocycles. The Bertz CT molecular complexity index is 296. The van der Waals surface area contributed by atoms with Gasteiger partial charge in [0.05, 0.1) is 0 Å². The third-order valence-electron chi connectivity index (χ3n) is 1.70. The predicted octanol–water partition coefficient (Wildman–Crippen LogP) is 1.79. The lowest BCUT2D eigenvalue weighted by Gasteiger charge is -2.07. The number of halogens is 1. The van der Waals surface area contributed by atoms with Gasteiger partial charge >= 0.3 is 0 Å². The summed E-state index contributed by atoms with van der Waals surface area (Å²) in [7, 11) is 0. The average Bonchev–Trinajstić information content (AvgIpc) is 2.04. The summed E-state index contributed by atoms with van der Waals surface area (Å²) in [6.07, 6.45) is -1.20. The van der Waals surface area contributed by atoms with Crippen LogP contribution < -0.4 is 0 Å². The van der Waals surface area contributed by atoms with Crippen LogP contribution in [-0.4, -0.2) is 10.3 Å². The van der Waals surface area contributed by atoms with Crippen molar-refractivity contribution in [3.8, 4) is 0 Å². The highest BCUT2D eigenvalue weighted by Gasteiger charge is 2.15. The normalized spacial score (nSPS) is 12.6. The number of aliphatic hydroxyl groups excluding tert-OH is 1. The maximum atomic E-state index is 10.6. The van der Waals surface area contributed by atoms with Crippen molar-refractivity contribution in [2.24, 2.45) is 0 Å². The smallest absolute Gasteiger partial charge is 0.254 e. The quantitative estimate of drug-likeness (QED) is 0.712. The standard InChI is InChI=1S/C9H9ClO2/c1-6-4-2-3-5-7(6)8(11)9(10)12/h2-5,8,11H,1H3/t8-/m1/s1. The van der Waals surface area contributed by atoms with E-state index in [4.69, 9.17) is 11.6 Å². The van der Waals surface area contributed by atoms with Gasteiger partial charge in [-0.25, -0.2) is 0 Å². The molecule has 3 heteroatoms. The Kier molecular flexibility index (Phi) is 2.84. The second-order valence-electron chi connectivity index (χ2n) is 2.56. The van der Waals surface area contributed by atoms with Gasteiger partial charge in [-0.1, -0.05) is 24.3 Å². The molecular formula is C9H9ClO2. The highest BCUT2D eigenvalue weighted by molar-refractivity contribution is 6.64. The first-order valence-corrected chi connectivity index (χ1v) is 3.93. The zero-order valence-electron chi connectivity index (χ0n) is 6.62. The first-order valence-electron chi connectivity index (χ1n) is 3.56. The molecule has 0 bridgehead atoms. The van der Waals surface area contributed by atoms with Gasteiger partial charge in [0.1, 0.15) is 0 Å². The van der Waals surface area contributed by atoms with Gasteiger partial charge in [-0.05, 0) is 29.7 Å². The number of benzene rings is 1. The molecule has 0 saturated heterocycles. The van der Waals surface area contributed by atoms with E-state index in [1.165, 1.54) is 0 Å². The molecule has 12 heavy (non-hydrogen) atoms. The number of hydrogen-bond donors (Lipinski definition) is 1. The van der Waals surface area contributed by atoms with Gasteiger partial charge in [0.25, 0.3) is 5.24 Å². The minimum absolute atomic E-state index is 0.567. The summed E-state index contributed by atoms with van der Waals surface area (Å²) in [5.41, 5.74) is 1.43. The molecule has 1 aromatic carbocycles. The molecular weight excluding hydrogens is 176 g/mol. The van der Waals surface area contributed by atoms with E-state index in [1.54, 1.807) is 12.1 Å². The van der Waals surface area contributed by atoms with Crippen LogP contribution in [0.3, 0.4) is 0 Å². The van der Waals surface area contributed by atoms with Crippen molar-refractivity contribution in [3.05, 3.63) is 35.4 Å². The number of carbonyl (C=O) groups excluding carboxylic acids is 1. The zero-order valence-corrected chi connectivity index (χ0v) is 7.38. The average molecular weight is 185 g/mol. The lowest BCUT2D eigenvalue weighted by Crippen LogP contribution is -2.06. The van der Waals surface area contributed by atoms with E-state index in [1.807, 2.05) is 19.1 Å². The van der Waals surface area contributed by atoms with Gasteiger partial charge in [-0.15, -0.1) is 0 Å². The molecule has 0 heterocycles. The van der Waals surface area contributed by atoms with Crippen LogP contribution in [0.2, 0.25) is 0 Å². The maximum Gasteiger partial charge on any atom is 0.254 e. The van der Waals surface area contributed by atoms with Gasteiger partial charge in [0.15, 0.2) is 6.10 Å². The number of rotatable bonds is 2. The van der Waals surface area contributed by atoms with Crippen LogP contribution in [0.15, 0.2) is 24.3 Å². The highest BCUT2D eigenvalue weighted by Crippen LogP contribution is 2.18. The molecule has 1 rings (SSSR count). The maximum absolute atomic E-state index is 10.6. The molecule has 0 aliphatic rings. The van der Waals surface area contributed by atoms with Gasteiger partial charge in [-0.2, -0.15) is 0 Å². The van der Waals surface area contributed by atoms with E-state index in [0.717, 1.165) is 5.56 Å². The van der Waals surface area contributed by atoms with Crippen LogP contribution in [0.4, 0.5) is 0 Å². The molecule has 0 radical (unpaired) electrons. The van der Waals surface area contributed by atoms with E-state index >= 15 is 0 Å². The molecule has 0 aliphatic heterocycles. The van der Waals surface area contributed by atoms with E-state index in [0.29, 0.717) is 5.56 Å². The lowest BCUT2D eigenvalue weighted by atomic mass is 10.0. The molecule has 0 amide bonds. The predicted molar refractivity (Wildman–Crippen MR) is 47.0 cm³/mol. The molecule has 1 atom stereocenters.